The lowest BCUT2D eigenvalue weighted by Gasteiger charge is -2.10. The first-order chi connectivity index (χ1) is 17.2. The van der Waals surface area contributed by atoms with Gasteiger partial charge in [-0.1, -0.05) is 48.5 Å². The van der Waals surface area contributed by atoms with Crippen molar-refractivity contribution in [2.45, 2.75) is 6.54 Å². The molecule has 0 saturated carbocycles. The number of amides is 1. The van der Waals surface area contributed by atoms with Crippen molar-refractivity contribution in [3.63, 3.8) is 0 Å². The molecular formula is C26H21N5O3S. The molecule has 5 rings (SSSR count). The molecule has 0 radical (unpaired) electrons. The van der Waals surface area contributed by atoms with Crippen LogP contribution < -0.4 is 15.6 Å². The lowest BCUT2D eigenvalue weighted by Crippen LogP contribution is -2.35. The molecule has 35 heavy (non-hydrogen) atoms. The zero-order chi connectivity index (χ0) is 24.0. The average molecular weight is 484 g/mol. The highest BCUT2D eigenvalue weighted by Crippen LogP contribution is 2.26. The van der Waals surface area contributed by atoms with Crippen molar-refractivity contribution in [3.05, 3.63) is 94.6 Å². The Hall–Kier alpha value is -4.37. The molecule has 0 fully saturated rings. The van der Waals surface area contributed by atoms with Crippen LogP contribution >= 0.6 is 11.3 Å². The molecule has 0 spiro atoms. The molecule has 3 aromatic heterocycles. The molecule has 0 aliphatic carbocycles. The number of carbonyl (C=O) groups excluding carboxylic acids is 1. The maximum Gasteiger partial charge on any atom is 0.267 e. The van der Waals surface area contributed by atoms with Crippen molar-refractivity contribution in [3.8, 4) is 27.7 Å². The van der Waals surface area contributed by atoms with Gasteiger partial charge >= 0.3 is 0 Å². The zero-order valence-corrected chi connectivity index (χ0v) is 19.4. The summed E-state index contributed by atoms with van der Waals surface area (Å²) in [5.41, 5.74) is 1.96. The standard InChI is InChI=1S/C26H21N5O3S/c32-24(27-14-15-34-25-12-10-22(28-29-25)23-9-4-16-35-23)17-31-26(33)13-11-21(30-31)20-8-3-6-18-5-1-2-7-19(18)20/h1-13,16H,14-15,17H2,(H,27,32). The number of nitrogens with one attached hydrogen (secondary N) is 1. The molecule has 1 amide bonds. The number of thiophene rings is 1. The van der Waals surface area contributed by atoms with Crippen LogP contribution in [0.2, 0.25) is 0 Å². The van der Waals surface area contributed by atoms with Crippen molar-refractivity contribution in [1.82, 2.24) is 25.3 Å². The quantitative estimate of drug-likeness (QED) is 0.337. The van der Waals surface area contributed by atoms with Gasteiger partial charge in [0.2, 0.25) is 11.8 Å². The van der Waals surface area contributed by atoms with Gasteiger partial charge in [0.15, 0.2) is 0 Å². The van der Waals surface area contributed by atoms with Gasteiger partial charge in [-0.2, -0.15) is 5.10 Å². The van der Waals surface area contributed by atoms with Crippen LogP contribution in [0.1, 0.15) is 0 Å². The SMILES string of the molecule is O=C(Cn1nc(-c2cccc3ccccc23)ccc1=O)NCCOc1ccc(-c2cccs2)nn1. The third kappa shape index (κ3) is 5.25. The molecule has 0 bridgehead atoms. The summed E-state index contributed by atoms with van der Waals surface area (Å²) in [5, 5.41) is 19.5. The normalized spacial score (nSPS) is 10.9. The Morgan fingerprint density at radius 3 is 2.60 bits per heavy atom. The first kappa shape index (κ1) is 22.4. The third-order valence-electron chi connectivity index (χ3n) is 5.31. The molecular weight excluding hydrogens is 462 g/mol. The first-order valence-corrected chi connectivity index (χ1v) is 11.9. The maximum absolute atomic E-state index is 12.4. The summed E-state index contributed by atoms with van der Waals surface area (Å²) < 4.78 is 6.72. The van der Waals surface area contributed by atoms with Gasteiger partial charge in [-0.05, 0) is 34.4 Å². The molecule has 0 atom stereocenters. The number of fused-ring (bicyclic) bond motifs is 1. The molecule has 0 aliphatic heterocycles. The Morgan fingerprint density at radius 1 is 0.914 bits per heavy atom. The van der Waals surface area contributed by atoms with Crippen LogP contribution in [0.25, 0.3) is 32.6 Å². The van der Waals surface area contributed by atoms with E-state index in [0.717, 1.165) is 26.9 Å². The Balaban J connectivity index is 1.18. The van der Waals surface area contributed by atoms with Crippen LogP contribution in [0.5, 0.6) is 5.88 Å². The van der Waals surface area contributed by atoms with E-state index >= 15 is 0 Å². The Bertz CT molecular complexity index is 1510. The lowest BCUT2D eigenvalue weighted by molar-refractivity contribution is -0.122. The molecule has 5 aromatic rings. The van der Waals surface area contributed by atoms with E-state index in [2.05, 4.69) is 20.6 Å². The molecule has 1 N–H and O–H groups in total. The van der Waals surface area contributed by atoms with Crippen molar-refractivity contribution in [2.75, 3.05) is 13.2 Å². The molecule has 0 aliphatic rings. The van der Waals surface area contributed by atoms with Gasteiger partial charge in [0.1, 0.15) is 18.8 Å². The molecule has 2 aromatic carbocycles. The van der Waals surface area contributed by atoms with Gasteiger partial charge in [0, 0.05) is 17.7 Å². The minimum Gasteiger partial charge on any atom is -0.475 e. The minimum absolute atomic E-state index is 0.188. The maximum atomic E-state index is 12.4. The summed E-state index contributed by atoms with van der Waals surface area (Å²) >= 11 is 1.59. The fraction of sp³-hybridized carbons (Fsp3) is 0.115. The van der Waals surface area contributed by atoms with Crippen molar-refractivity contribution in [1.29, 1.82) is 0 Å². The van der Waals surface area contributed by atoms with Gasteiger partial charge in [-0.25, -0.2) is 4.68 Å². The summed E-state index contributed by atoms with van der Waals surface area (Å²) in [4.78, 5) is 25.8. The summed E-state index contributed by atoms with van der Waals surface area (Å²) in [6.07, 6.45) is 0. The molecule has 0 unspecified atom stereocenters. The van der Waals surface area contributed by atoms with Gasteiger partial charge < -0.3 is 10.1 Å². The van der Waals surface area contributed by atoms with Crippen LogP contribution in [0.15, 0.2) is 89.0 Å². The number of ether oxygens (including phenoxy) is 1. The van der Waals surface area contributed by atoms with Crippen LogP contribution in [0.4, 0.5) is 0 Å². The molecule has 9 heteroatoms. The van der Waals surface area contributed by atoms with Crippen LogP contribution in [0.3, 0.4) is 0 Å². The highest BCUT2D eigenvalue weighted by atomic mass is 32.1. The average Bonchev–Trinajstić information content (AvgIpc) is 3.43. The topological polar surface area (TPSA) is 99.0 Å². The van der Waals surface area contributed by atoms with E-state index in [1.54, 1.807) is 23.5 Å². The third-order valence-corrected chi connectivity index (χ3v) is 6.21. The van der Waals surface area contributed by atoms with Gasteiger partial charge in [0.25, 0.3) is 5.56 Å². The second kappa shape index (κ2) is 10.3. The molecule has 0 saturated heterocycles. The van der Waals surface area contributed by atoms with E-state index in [9.17, 15) is 9.59 Å². The van der Waals surface area contributed by atoms with Crippen LogP contribution in [0, 0.1) is 0 Å². The summed E-state index contributed by atoms with van der Waals surface area (Å²) in [6.45, 7) is 0.287. The second-order valence-electron chi connectivity index (χ2n) is 7.67. The summed E-state index contributed by atoms with van der Waals surface area (Å²) in [5.74, 6) is 0.0395. The van der Waals surface area contributed by atoms with Gasteiger partial charge in [0.05, 0.1) is 17.1 Å². The lowest BCUT2D eigenvalue weighted by atomic mass is 10.0. The predicted molar refractivity (Wildman–Crippen MR) is 135 cm³/mol. The molecule has 174 valence electrons. The Morgan fingerprint density at radius 2 is 1.77 bits per heavy atom. The predicted octanol–water partition coefficient (Wildman–Crippen LogP) is 3.78. The van der Waals surface area contributed by atoms with E-state index in [1.165, 1.54) is 10.7 Å². The fourth-order valence-corrected chi connectivity index (χ4v) is 4.34. The first-order valence-electron chi connectivity index (χ1n) is 11.0. The number of carbonyl (C=O) groups is 1. The van der Waals surface area contributed by atoms with E-state index in [4.69, 9.17) is 4.74 Å². The largest absolute Gasteiger partial charge is 0.475 e. The summed E-state index contributed by atoms with van der Waals surface area (Å²) in [7, 11) is 0. The van der Waals surface area contributed by atoms with Crippen LogP contribution in [-0.2, 0) is 11.3 Å². The Kier molecular flexibility index (Phi) is 6.58. The van der Waals surface area contributed by atoms with E-state index in [-0.39, 0.29) is 31.2 Å². The van der Waals surface area contributed by atoms with Crippen molar-refractivity contribution >= 4 is 28.0 Å². The van der Waals surface area contributed by atoms with Gasteiger partial charge in [-0.3, -0.25) is 9.59 Å². The number of rotatable bonds is 8. The Labute approximate surface area is 204 Å². The number of aromatic nitrogens is 4. The number of nitrogens with zero attached hydrogens (tertiary/aromatic N) is 4. The van der Waals surface area contributed by atoms with E-state index in [0.29, 0.717) is 11.6 Å². The smallest absolute Gasteiger partial charge is 0.267 e. The van der Waals surface area contributed by atoms with Crippen molar-refractivity contribution in [2.24, 2.45) is 0 Å². The van der Waals surface area contributed by atoms with E-state index < -0.39 is 0 Å². The molecule has 8 nitrogen and oxygen atoms in total. The number of benzene rings is 2. The van der Waals surface area contributed by atoms with E-state index in [1.807, 2.05) is 66.0 Å². The summed E-state index contributed by atoms with van der Waals surface area (Å²) in [6, 6.07) is 24.5. The second-order valence-corrected chi connectivity index (χ2v) is 8.62. The van der Waals surface area contributed by atoms with Crippen molar-refractivity contribution < 1.29 is 9.53 Å². The molecule has 3 heterocycles. The highest BCUT2D eigenvalue weighted by Gasteiger charge is 2.10. The van der Waals surface area contributed by atoms with Gasteiger partial charge in [-0.15, -0.1) is 21.5 Å². The zero-order valence-electron chi connectivity index (χ0n) is 18.6. The fourth-order valence-electron chi connectivity index (χ4n) is 3.65. The van der Waals surface area contributed by atoms with Crippen LogP contribution in [-0.4, -0.2) is 39.0 Å². The highest BCUT2D eigenvalue weighted by molar-refractivity contribution is 7.13. The number of hydrogen-bond donors (Lipinski definition) is 1. The monoisotopic (exact) mass is 483 g/mol. The number of hydrogen-bond acceptors (Lipinski definition) is 7. The minimum atomic E-state index is -0.346.